The summed E-state index contributed by atoms with van der Waals surface area (Å²) in [5.41, 5.74) is 2.84. The van der Waals surface area contributed by atoms with E-state index in [1.165, 1.54) is 29.2 Å². The SMILES string of the molecule is Cc1ccc(N(CC(=O)N(Cc2ccc(Cl)cc2)C(Cc2ccccc2)C(=O)NC(C)C)S(=O)(=O)c2ccc(Cl)cc2)cc1. The second-order valence-electron chi connectivity index (χ2n) is 10.8. The van der Waals surface area contributed by atoms with Crippen molar-refractivity contribution < 1.29 is 18.0 Å². The highest BCUT2D eigenvalue weighted by Crippen LogP contribution is 2.26. The number of carbonyl (C=O) groups excluding carboxylic acids is 2. The summed E-state index contributed by atoms with van der Waals surface area (Å²) in [6.45, 7) is 5.10. The molecule has 1 atom stereocenters. The third kappa shape index (κ3) is 8.62. The van der Waals surface area contributed by atoms with Crippen LogP contribution >= 0.6 is 23.2 Å². The maximum atomic E-state index is 14.4. The molecule has 0 radical (unpaired) electrons. The summed E-state index contributed by atoms with van der Waals surface area (Å²) in [4.78, 5) is 29.6. The van der Waals surface area contributed by atoms with Crippen LogP contribution in [0.3, 0.4) is 0 Å². The van der Waals surface area contributed by atoms with Crippen molar-refractivity contribution >= 4 is 50.7 Å². The molecule has 0 bridgehead atoms. The Kier molecular flexibility index (Phi) is 11.1. The first-order valence-electron chi connectivity index (χ1n) is 14.2. The molecule has 0 fully saturated rings. The Bertz CT molecular complexity index is 1660. The number of amides is 2. The van der Waals surface area contributed by atoms with Gasteiger partial charge in [0.2, 0.25) is 11.8 Å². The third-order valence-corrected chi connectivity index (χ3v) is 9.26. The molecule has 4 aromatic rings. The van der Waals surface area contributed by atoms with E-state index in [0.29, 0.717) is 15.7 Å². The van der Waals surface area contributed by atoms with Crippen molar-refractivity contribution in [2.45, 2.75) is 50.7 Å². The van der Waals surface area contributed by atoms with Gasteiger partial charge in [0.25, 0.3) is 10.0 Å². The molecule has 0 aliphatic carbocycles. The van der Waals surface area contributed by atoms with Crippen molar-refractivity contribution in [3.05, 3.63) is 130 Å². The van der Waals surface area contributed by atoms with Crippen LogP contribution in [0.1, 0.15) is 30.5 Å². The molecule has 0 heterocycles. The number of nitrogens with one attached hydrogen (secondary N) is 1. The molecule has 1 unspecified atom stereocenters. The van der Waals surface area contributed by atoms with E-state index in [4.69, 9.17) is 23.2 Å². The topological polar surface area (TPSA) is 86.8 Å². The van der Waals surface area contributed by atoms with E-state index < -0.39 is 28.5 Å². The molecular weight excluding hydrogens is 617 g/mol. The van der Waals surface area contributed by atoms with E-state index in [2.05, 4.69) is 5.32 Å². The molecule has 0 aliphatic heterocycles. The quantitative estimate of drug-likeness (QED) is 0.186. The summed E-state index contributed by atoms with van der Waals surface area (Å²) in [5, 5.41) is 3.86. The minimum Gasteiger partial charge on any atom is -0.352 e. The summed E-state index contributed by atoms with van der Waals surface area (Å²) < 4.78 is 29.2. The van der Waals surface area contributed by atoms with E-state index in [0.717, 1.165) is 21.0 Å². The first kappa shape index (κ1) is 33.1. The average Bonchev–Trinajstić information content (AvgIpc) is 2.99. The maximum absolute atomic E-state index is 14.4. The van der Waals surface area contributed by atoms with Crippen LogP contribution in [0, 0.1) is 6.92 Å². The van der Waals surface area contributed by atoms with Crippen molar-refractivity contribution in [1.82, 2.24) is 10.2 Å². The second kappa shape index (κ2) is 14.8. The van der Waals surface area contributed by atoms with Gasteiger partial charge >= 0.3 is 0 Å². The van der Waals surface area contributed by atoms with E-state index in [9.17, 15) is 18.0 Å². The summed E-state index contributed by atoms with van der Waals surface area (Å²) in [6.07, 6.45) is 0.229. The van der Waals surface area contributed by atoms with Crippen LogP contribution in [0.25, 0.3) is 0 Å². The predicted molar refractivity (Wildman–Crippen MR) is 176 cm³/mol. The first-order chi connectivity index (χ1) is 20.9. The van der Waals surface area contributed by atoms with Gasteiger partial charge in [-0.05, 0) is 80.4 Å². The van der Waals surface area contributed by atoms with Gasteiger partial charge in [-0.1, -0.05) is 83.4 Å². The molecule has 0 saturated carbocycles. The Balaban J connectivity index is 1.79. The van der Waals surface area contributed by atoms with Gasteiger partial charge in [-0.25, -0.2) is 8.42 Å². The number of aryl methyl sites for hydroxylation is 1. The molecule has 44 heavy (non-hydrogen) atoms. The zero-order valence-corrected chi connectivity index (χ0v) is 27.1. The fourth-order valence-electron chi connectivity index (χ4n) is 4.69. The first-order valence-corrected chi connectivity index (χ1v) is 16.4. The molecule has 0 aliphatic rings. The smallest absolute Gasteiger partial charge is 0.264 e. The van der Waals surface area contributed by atoms with Crippen LogP contribution in [0.5, 0.6) is 0 Å². The van der Waals surface area contributed by atoms with Crippen molar-refractivity contribution in [3.8, 4) is 0 Å². The summed E-state index contributed by atoms with van der Waals surface area (Å²) in [5.74, 6) is -0.883. The fourth-order valence-corrected chi connectivity index (χ4v) is 6.36. The second-order valence-corrected chi connectivity index (χ2v) is 13.6. The summed E-state index contributed by atoms with van der Waals surface area (Å²) in [7, 11) is -4.21. The zero-order chi connectivity index (χ0) is 31.9. The molecule has 1 N–H and O–H groups in total. The molecule has 4 aromatic carbocycles. The lowest BCUT2D eigenvalue weighted by molar-refractivity contribution is -0.140. The highest BCUT2D eigenvalue weighted by molar-refractivity contribution is 7.92. The van der Waals surface area contributed by atoms with Gasteiger partial charge in [-0.2, -0.15) is 0 Å². The monoisotopic (exact) mass is 651 g/mol. The Hall–Kier alpha value is -3.85. The standard InChI is InChI=1S/C34H35Cl2N3O4S/c1-24(2)37-34(41)32(21-26-7-5-4-6-8-26)38(22-27-11-13-28(35)14-12-27)33(40)23-39(30-17-9-25(3)10-18-30)44(42,43)31-19-15-29(36)16-20-31/h4-20,24,32H,21-23H2,1-3H3,(H,37,41). The number of anilines is 1. The minimum absolute atomic E-state index is 0.0158. The molecular formula is C34H35Cl2N3O4S. The highest BCUT2D eigenvalue weighted by atomic mass is 35.5. The Morgan fingerprint density at radius 3 is 1.91 bits per heavy atom. The van der Waals surface area contributed by atoms with Gasteiger partial charge < -0.3 is 10.2 Å². The number of carbonyl (C=O) groups is 2. The molecule has 7 nitrogen and oxygen atoms in total. The van der Waals surface area contributed by atoms with Crippen LogP contribution < -0.4 is 9.62 Å². The molecule has 2 amide bonds. The van der Waals surface area contributed by atoms with Crippen LogP contribution in [0.4, 0.5) is 5.69 Å². The maximum Gasteiger partial charge on any atom is 0.264 e. The van der Waals surface area contributed by atoms with Gasteiger partial charge in [0.05, 0.1) is 10.6 Å². The third-order valence-electron chi connectivity index (χ3n) is 6.97. The molecule has 0 saturated heterocycles. The van der Waals surface area contributed by atoms with Crippen LogP contribution in [-0.4, -0.2) is 43.8 Å². The highest BCUT2D eigenvalue weighted by Gasteiger charge is 2.34. The van der Waals surface area contributed by atoms with Crippen molar-refractivity contribution in [2.75, 3.05) is 10.8 Å². The van der Waals surface area contributed by atoms with Gasteiger partial charge in [0.1, 0.15) is 12.6 Å². The number of sulfonamides is 1. The van der Waals surface area contributed by atoms with E-state index in [1.54, 1.807) is 48.5 Å². The summed E-state index contributed by atoms with van der Waals surface area (Å²) >= 11 is 12.2. The fraction of sp³-hybridized carbons (Fsp3) is 0.235. The Morgan fingerprint density at radius 1 is 0.773 bits per heavy atom. The lowest BCUT2D eigenvalue weighted by atomic mass is 10.0. The lowest BCUT2D eigenvalue weighted by Gasteiger charge is -2.34. The zero-order valence-electron chi connectivity index (χ0n) is 24.8. The van der Waals surface area contributed by atoms with E-state index >= 15 is 0 Å². The van der Waals surface area contributed by atoms with Crippen molar-refractivity contribution in [2.24, 2.45) is 0 Å². The predicted octanol–water partition coefficient (Wildman–Crippen LogP) is 6.66. The Morgan fingerprint density at radius 2 is 1.34 bits per heavy atom. The summed E-state index contributed by atoms with van der Waals surface area (Å²) in [6, 6.07) is 28.0. The van der Waals surface area contributed by atoms with Crippen LogP contribution in [0.15, 0.2) is 108 Å². The minimum atomic E-state index is -4.21. The molecule has 230 valence electrons. The van der Waals surface area contributed by atoms with Gasteiger partial charge in [-0.15, -0.1) is 0 Å². The molecule has 0 spiro atoms. The number of hydrogen-bond donors (Lipinski definition) is 1. The van der Waals surface area contributed by atoms with E-state index in [1.807, 2.05) is 51.1 Å². The van der Waals surface area contributed by atoms with Gasteiger partial charge in [0.15, 0.2) is 0 Å². The number of halogens is 2. The molecule has 0 aromatic heterocycles. The largest absolute Gasteiger partial charge is 0.352 e. The number of benzene rings is 4. The Labute approximate surface area is 269 Å². The number of rotatable bonds is 12. The van der Waals surface area contributed by atoms with Crippen LogP contribution in [0.2, 0.25) is 10.0 Å². The van der Waals surface area contributed by atoms with Crippen LogP contribution in [-0.2, 0) is 32.6 Å². The molecule has 10 heteroatoms. The molecule has 4 rings (SSSR count). The van der Waals surface area contributed by atoms with Gasteiger partial charge in [0, 0.05) is 29.1 Å². The average molecular weight is 653 g/mol. The van der Waals surface area contributed by atoms with E-state index in [-0.39, 0.29) is 29.8 Å². The lowest BCUT2D eigenvalue weighted by Crippen LogP contribution is -2.54. The van der Waals surface area contributed by atoms with Gasteiger partial charge in [-0.3, -0.25) is 13.9 Å². The number of nitrogens with zero attached hydrogens (tertiary/aromatic N) is 2. The van der Waals surface area contributed by atoms with Crippen molar-refractivity contribution in [3.63, 3.8) is 0 Å². The number of hydrogen-bond acceptors (Lipinski definition) is 4. The normalized spacial score (nSPS) is 12.0. The van der Waals surface area contributed by atoms with Crippen molar-refractivity contribution in [1.29, 1.82) is 0 Å².